The quantitative estimate of drug-likeness (QED) is 0.660. The lowest BCUT2D eigenvalue weighted by Gasteiger charge is -2.38. The zero-order valence-corrected chi connectivity index (χ0v) is 11.2. The number of nitrogens with one attached hydrogen (secondary N) is 1. The Morgan fingerprint density at radius 3 is 2.61 bits per heavy atom. The van der Waals surface area contributed by atoms with Gasteiger partial charge in [-0.3, -0.25) is 4.79 Å². The van der Waals surface area contributed by atoms with Crippen LogP contribution in [0.4, 0.5) is 4.79 Å². The van der Waals surface area contributed by atoms with E-state index < -0.39 is 6.03 Å². The van der Waals surface area contributed by atoms with Crippen LogP contribution in [0.1, 0.15) is 33.1 Å². The van der Waals surface area contributed by atoms with Crippen LogP contribution >= 0.6 is 0 Å². The van der Waals surface area contributed by atoms with E-state index >= 15 is 0 Å². The van der Waals surface area contributed by atoms with E-state index in [4.69, 9.17) is 11.5 Å². The van der Waals surface area contributed by atoms with Gasteiger partial charge in [0.2, 0.25) is 5.91 Å². The topological polar surface area (TPSA) is 101 Å². The normalized spacial score (nSPS) is 23.3. The van der Waals surface area contributed by atoms with Gasteiger partial charge in [-0.2, -0.15) is 0 Å². The fraction of sp³-hybridized carbons (Fsp3) is 0.833. The smallest absolute Gasteiger partial charge is 0.312 e. The summed E-state index contributed by atoms with van der Waals surface area (Å²) in [6.07, 6.45) is 2.98. The minimum atomic E-state index is -0.548. The first kappa shape index (κ1) is 14.8. The number of piperidine rings is 1. The van der Waals surface area contributed by atoms with E-state index in [1.165, 1.54) is 0 Å². The van der Waals surface area contributed by atoms with Gasteiger partial charge in [0.25, 0.3) is 0 Å². The Kier molecular flexibility index (Phi) is 5.40. The molecule has 0 aliphatic carbocycles. The minimum Gasteiger partial charge on any atom is -0.352 e. The summed E-state index contributed by atoms with van der Waals surface area (Å²) in [4.78, 5) is 24.9. The molecule has 0 aromatic carbocycles. The van der Waals surface area contributed by atoms with Crippen molar-refractivity contribution in [3.63, 3.8) is 0 Å². The highest BCUT2D eigenvalue weighted by Gasteiger charge is 2.30. The van der Waals surface area contributed by atoms with E-state index in [0.29, 0.717) is 6.54 Å². The molecule has 0 saturated carbocycles. The molecule has 0 spiro atoms. The molecule has 3 unspecified atom stereocenters. The van der Waals surface area contributed by atoms with Crippen LogP contribution in [-0.4, -0.2) is 42.0 Å². The van der Waals surface area contributed by atoms with Gasteiger partial charge in [-0.15, -0.1) is 0 Å². The van der Waals surface area contributed by atoms with Crippen LogP contribution in [0.3, 0.4) is 0 Å². The zero-order valence-electron chi connectivity index (χ0n) is 11.2. The standard InChI is InChI=1S/C12H24N4O2/c1-8(9(2)13)11(17)16-6-4-3-5-10(16)7-15-12(14)18/h8-10H,3-7,13H2,1-2H3,(H3,14,15,18). The Labute approximate surface area is 108 Å². The van der Waals surface area contributed by atoms with Crippen molar-refractivity contribution in [2.75, 3.05) is 13.1 Å². The monoisotopic (exact) mass is 256 g/mol. The molecule has 3 amide bonds. The van der Waals surface area contributed by atoms with Gasteiger partial charge in [0, 0.05) is 25.2 Å². The van der Waals surface area contributed by atoms with Gasteiger partial charge in [-0.1, -0.05) is 6.92 Å². The predicted molar refractivity (Wildman–Crippen MR) is 69.8 cm³/mol. The molecule has 1 aliphatic rings. The fourth-order valence-electron chi connectivity index (χ4n) is 2.21. The van der Waals surface area contributed by atoms with Crippen LogP contribution in [0.2, 0.25) is 0 Å². The molecule has 5 N–H and O–H groups in total. The number of rotatable bonds is 4. The number of hydrogen-bond donors (Lipinski definition) is 3. The van der Waals surface area contributed by atoms with Crippen LogP contribution in [-0.2, 0) is 4.79 Å². The number of carbonyl (C=O) groups is 2. The molecule has 1 rings (SSSR count). The second kappa shape index (κ2) is 6.58. The Balaban J connectivity index is 2.63. The minimum absolute atomic E-state index is 0.0416. The number of urea groups is 1. The molecule has 0 radical (unpaired) electrons. The summed E-state index contributed by atoms with van der Waals surface area (Å²) in [5.74, 6) is -0.125. The molecular weight excluding hydrogens is 232 g/mol. The lowest BCUT2D eigenvalue weighted by Crippen LogP contribution is -2.53. The third-order valence-corrected chi connectivity index (χ3v) is 3.60. The maximum atomic E-state index is 12.3. The second-order valence-corrected chi connectivity index (χ2v) is 5.07. The van der Waals surface area contributed by atoms with Gasteiger partial charge < -0.3 is 21.7 Å². The lowest BCUT2D eigenvalue weighted by atomic mass is 9.97. The molecule has 6 heteroatoms. The molecule has 1 saturated heterocycles. The van der Waals surface area contributed by atoms with Gasteiger partial charge in [-0.05, 0) is 26.2 Å². The zero-order chi connectivity index (χ0) is 13.7. The first-order valence-corrected chi connectivity index (χ1v) is 6.53. The molecule has 1 aliphatic heterocycles. The summed E-state index contributed by atoms with van der Waals surface area (Å²) in [7, 11) is 0. The summed E-state index contributed by atoms with van der Waals surface area (Å²) in [5, 5.41) is 2.58. The molecule has 1 fully saturated rings. The SMILES string of the molecule is CC(N)C(C)C(=O)N1CCCCC1CNC(N)=O. The molecule has 0 aromatic rings. The molecule has 0 aromatic heterocycles. The summed E-state index contributed by atoms with van der Waals surface area (Å²) in [5.41, 5.74) is 10.8. The molecule has 6 nitrogen and oxygen atoms in total. The largest absolute Gasteiger partial charge is 0.352 e. The van der Waals surface area contributed by atoms with Crippen molar-refractivity contribution < 1.29 is 9.59 Å². The van der Waals surface area contributed by atoms with Crippen LogP contribution < -0.4 is 16.8 Å². The third kappa shape index (κ3) is 3.87. The first-order chi connectivity index (χ1) is 8.43. The summed E-state index contributed by atoms with van der Waals surface area (Å²) in [6, 6.07) is -0.669. The number of carbonyl (C=O) groups excluding carboxylic acids is 2. The molecule has 1 heterocycles. The molecule has 0 bridgehead atoms. The highest BCUT2D eigenvalue weighted by molar-refractivity contribution is 5.79. The van der Waals surface area contributed by atoms with Crippen molar-refractivity contribution in [2.45, 2.75) is 45.2 Å². The third-order valence-electron chi connectivity index (χ3n) is 3.60. The fourth-order valence-corrected chi connectivity index (χ4v) is 2.21. The van der Waals surface area contributed by atoms with Crippen LogP contribution in [0.15, 0.2) is 0 Å². The predicted octanol–water partition coefficient (Wildman–Crippen LogP) is 0.0191. The Hall–Kier alpha value is -1.30. The maximum absolute atomic E-state index is 12.3. The molecule has 18 heavy (non-hydrogen) atoms. The average Bonchev–Trinajstić information content (AvgIpc) is 2.34. The molecular formula is C12H24N4O2. The van der Waals surface area contributed by atoms with Crippen molar-refractivity contribution >= 4 is 11.9 Å². The van der Waals surface area contributed by atoms with E-state index in [-0.39, 0.29) is 23.9 Å². The van der Waals surface area contributed by atoms with Gasteiger partial charge in [-0.25, -0.2) is 4.79 Å². The van der Waals surface area contributed by atoms with Gasteiger partial charge >= 0.3 is 6.03 Å². The Morgan fingerprint density at radius 1 is 1.39 bits per heavy atom. The average molecular weight is 256 g/mol. The van der Waals surface area contributed by atoms with Crippen molar-refractivity contribution in [1.29, 1.82) is 0 Å². The summed E-state index contributed by atoms with van der Waals surface area (Å²) >= 11 is 0. The van der Waals surface area contributed by atoms with Gasteiger partial charge in [0.05, 0.1) is 5.92 Å². The molecule has 3 atom stereocenters. The van der Waals surface area contributed by atoms with Crippen molar-refractivity contribution in [3.05, 3.63) is 0 Å². The highest BCUT2D eigenvalue weighted by atomic mass is 16.2. The summed E-state index contributed by atoms with van der Waals surface area (Å²) in [6.45, 7) is 4.84. The number of nitrogens with two attached hydrogens (primary N) is 2. The Morgan fingerprint density at radius 2 is 2.06 bits per heavy atom. The Bertz CT molecular complexity index is 306. The van der Waals surface area contributed by atoms with Gasteiger partial charge in [0.15, 0.2) is 0 Å². The van der Waals surface area contributed by atoms with Crippen LogP contribution in [0.5, 0.6) is 0 Å². The number of likely N-dealkylation sites (tertiary alicyclic amines) is 1. The van der Waals surface area contributed by atoms with E-state index in [9.17, 15) is 9.59 Å². The number of amides is 3. The van der Waals surface area contributed by atoms with E-state index in [1.807, 2.05) is 18.7 Å². The number of nitrogens with zero attached hydrogens (tertiary/aromatic N) is 1. The van der Waals surface area contributed by atoms with Crippen molar-refractivity contribution in [3.8, 4) is 0 Å². The van der Waals surface area contributed by atoms with E-state index in [1.54, 1.807) is 0 Å². The summed E-state index contributed by atoms with van der Waals surface area (Å²) < 4.78 is 0. The highest BCUT2D eigenvalue weighted by Crippen LogP contribution is 2.19. The van der Waals surface area contributed by atoms with E-state index in [0.717, 1.165) is 25.8 Å². The van der Waals surface area contributed by atoms with Crippen LogP contribution in [0, 0.1) is 5.92 Å². The number of primary amides is 1. The number of hydrogen-bond acceptors (Lipinski definition) is 3. The van der Waals surface area contributed by atoms with E-state index in [2.05, 4.69) is 5.32 Å². The van der Waals surface area contributed by atoms with Gasteiger partial charge in [0.1, 0.15) is 0 Å². The van der Waals surface area contributed by atoms with Crippen LogP contribution in [0.25, 0.3) is 0 Å². The maximum Gasteiger partial charge on any atom is 0.312 e. The van der Waals surface area contributed by atoms with Crippen molar-refractivity contribution in [2.24, 2.45) is 17.4 Å². The molecule has 104 valence electrons. The second-order valence-electron chi connectivity index (χ2n) is 5.07. The first-order valence-electron chi connectivity index (χ1n) is 6.53. The lowest BCUT2D eigenvalue weighted by molar-refractivity contribution is -0.139. The van der Waals surface area contributed by atoms with Crippen molar-refractivity contribution in [1.82, 2.24) is 10.2 Å².